The first-order chi connectivity index (χ1) is 6.86. The van der Waals surface area contributed by atoms with E-state index in [4.69, 9.17) is 0 Å². The van der Waals surface area contributed by atoms with Gasteiger partial charge in [0.2, 0.25) is 0 Å². The van der Waals surface area contributed by atoms with Gasteiger partial charge in [-0.25, -0.2) is 4.98 Å². The second-order valence-corrected chi connectivity index (χ2v) is 3.13. The summed E-state index contributed by atoms with van der Waals surface area (Å²) >= 11 is 0. The standard InChI is InChI=1S/C9H11F3N2O/c1-14(2)8-4-6(9(10,11)12)7(15-3)5-13-8/h4-5H,1-3H3. The predicted molar refractivity (Wildman–Crippen MR) is 50.1 cm³/mol. The SMILES string of the molecule is COc1cnc(N(C)C)cc1C(F)(F)F. The molecule has 0 amide bonds. The van der Waals surface area contributed by atoms with Gasteiger partial charge in [-0.05, 0) is 6.07 Å². The van der Waals surface area contributed by atoms with Crippen molar-refractivity contribution in [1.29, 1.82) is 0 Å². The molecular formula is C9H11F3N2O. The molecule has 0 saturated heterocycles. The van der Waals surface area contributed by atoms with Gasteiger partial charge >= 0.3 is 6.18 Å². The number of hydrogen-bond donors (Lipinski definition) is 0. The maximum atomic E-state index is 12.6. The highest BCUT2D eigenvalue weighted by atomic mass is 19.4. The van der Waals surface area contributed by atoms with Gasteiger partial charge in [-0.3, -0.25) is 0 Å². The molecule has 0 radical (unpaired) electrons. The Labute approximate surface area is 85.5 Å². The van der Waals surface area contributed by atoms with Crippen molar-refractivity contribution in [2.24, 2.45) is 0 Å². The van der Waals surface area contributed by atoms with Gasteiger partial charge in [0.15, 0.2) is 0 Å². The molecule has 15 heavy (non-hydrogen) atoms. The van der Waals surface area contributed by atoms with E-state index in [2.05, 4.69) is 9.72 Å². The van der Waals surface area contributed by atoms with E-state index in [1.807, 2.05) is 0 Å². The molecular weight excluding hydrogens is 209 g/mol. The third kappa shape index (κ3) is 2.51. The summed E-state index contributed by atoms with van der Waals surface area (Å²) in [5, 5.41) is 0. The maximum Gasteiger partial charge on any atom is 0.420 e. The summed E-state index contributed by atoms with van der Waals surface area (Å²) < 4.78 is 42.3. The Bertz CT molecular complexity index is 350. The first-order valence-electron chi connectivity index (χ1n) is 4.15. The average molecular weight is 220 g/mol. The van der Waals surface area contributed by atoms with Crippen molar-refractivity contribution in [3.63, 3.8) is 0 Å². The summed E-state index contributed by atoms with van der Waals surface area (Å²) in [4.78, 5) is 5.32. The van der Waals surface area contributed by atoms with Crippen molar-refractivity contribution in [2.45, 2.75) is 6.18 Å². The smallest absolute Gasteiger partial charge is 0.420 e. The summed E-state index contributed by atoms with van der Waals surface area (Å²) in [6, 6.07) is 0.957. The molecule has 0 aliphatic carbocycles. The van der Waals surface area contributed by atoms with Crippen LogP contribution in [0.15, 0.2) is 12.3 Å². The number of methoxy groups -OCH3 is 1. The van der Waals surface area contributed by atoms with Crippen LogP contribution in [-0.4, -0.2) is 26.2 Å². The highest BCUT2D eigenvalue weighted by molar-refractivity contribution is 5.46. The normalized spacial score (nSPS) is 11.3. The summed E-state index contributed by atoms with van der Waals surface area (Å²) in [5.74, 6) is -0.0313. The van der Waals surface area contributed by atoms with Crippen molar-refractivity contribution in [3.8, 4) is 5.75 Å². The Morgan fingerprint density at radius 1 is 1.33 bits per heavy atom. The fourth-order valence-corrected chi connectivity index (χ4v) is 1.06. The number of aromatic nitrogens is 1. The molecule has 1 heterocycles. The van der Waals surface area contributed by atoms with Crippen LogP contribution < -0.4 is 9.64 Å². The van der Waals surface area contributed by atoms with Crippen LogP contribution in [0, 0.1) is 0 Å². The zero-order chi connectivity index (χ0) is 11.6. The zero-order valence-corrected chi connectivity index (χ0v) is 8.59. The van der Waals surface area contributed by atoms with E-state index in [0.717, 1.165) is 12.3 Å². The molecule has 0 fully saturated rings. The second-order valence-electron chi connectivity index (χ2n) is 3.13. The molecule has 0 aliphatic heterocycles. The number of anilines is 1. The van der Waals surface area contributed by atoms with Gasteiger partial charge in [0, 0.05) is 14.1 Å². The summed E-state index contributed by atoms with van der Waals surface area (Å²) in [5.41, 5.74) is -0.816. The Balaban J connectivity index is 3.26. The number of pyridine rings is 1. The lowest BCUT2D eigenvalue weighted by atomic mass is 10.2. The number of ether oxygens (including phenoxy) is 1. The number of halogens is 3. The van der Waals surface area contributed by atoms with Gasteiger partial charge in [0.05, 0.1) is 13.3 Å². The van der Waals surface area contributed by atoms with Gasteiger partial charge in [-0.1, -0.05) is 0 Å². The lowest BCUT2D eigenvalue weighted by molar-refractivity contribution is -0.138. The minimum atomic E-state index is -4.43. The fourth-order valence-electron chi connectivity index (χ4n) is 1.06. The lowest BCUT2D eigenvalue weighted by Gasteiger charge is -2.16. The van der Waals surface area contributed by atoms with E-state index in [9.17, 15) is 13.2 Å². The first kappa shape index (κ1) is 11.6. The monoisotopic (exact) mass is 220 g/mol. The van der Waals surface area contributed by atoms with E-state index in [1.54, 1.807) is 14.1 Å². The van der Waals surface area contributed by atoms with Crippen LogP contribution in [0.5, 0.6) is 5.75 Å². The van der Waals surface area contributed by atoms with E-state index in [-0.39, 0.29) is 11.6 Å². The molecule has 84 valence electrons. The molecule has 0 spiro atoms. The van der Waals surface area contributed by atoms with Gasteiger partial charge in [-0.2, -0.15) is 13.2 Å². The van der Waals surface area contributed by atoms with E-state index in [1.165, 1.54) is 12.0 Å². The second kappa shape index (κ2) is 3.96. The average Bonchev–Trinajstić information content (AvgIpc) is 2.15. The van der Waals surface area contributed by atoms with Crippen LogP contribution in [0.3, 0.4) is 0 Å². The van der Waals surface area contributed by atoms with Crippen LogP contribution in [-0.2, 0) is 6.18 Å². The fraction of sp³-hybridized carbons (Fsp3) is 0.444. The molecule has 0 bridgehead atoms. The third-order valence-electron chi connectivity index (χ3n) is 1.84. The third-order valence-corrected chi connectivity index (χ3v) is 1.84. The molecule has 1 aromatic heterocycles. The highest BCUT2D eigenvalue weighted by Crippen LogP contribution is 2.37. The van der Waals surface area contributed by atoms with E-state index < -0.39 is 11.7 Å². The number of alkyl halides is 3. The summed E-state index contributed by atoms with van der Waals surface area (Å²) in [6.45, 7) is 0. The Morgan fingerprint density at radius 2 is 1.93 bits per heavy atom. The summed E-state index contributed by atoms with van der Waals surface area (Å²) in [6.07, 6.45) is -3.36. The van der Waals surface area contributed by atoms with Crippen molar-refractivity contribution < 1.29 is 17.9 Å². The van der Waals surface area contributed by atoms with Crippen LogP contribution in [0.25, 0.3) is 0 Å². The molecule has 0 unspecified atom stereocenters. The topological polar surface area (TPSA) is 25.4 Å². The molecule has 0 N–H and O–H groups in total. The molecule has 0 aromatic carbocycles. The Hall–Kier alpha value is -1.46. The van der Waals surface area contributed by atoms with Gasteiger partial charge in [0.1, 0.15) is 17.1 Å². The molecule has 0 saturated carbocycles. The number of hydrogen-bond acceptors (Lipinski definition) is 3. The minimum absolute atomic E-state index is 0.239. The first-order valence-corrected chi connectivity index (χ1v) is 4.15. The van der Waals surface area contributed by atoms with Crippen molar-refractivity contribution >= 4 is 5.82 Å². The molecule has 3 nitrogen and oxygen atoms in total. The van der Waals surface area contributed by atoms with Gasteiger partial charge in [-0.15, -0.1) is 0 Å². The molecule has 0 aliphatic rings. The highest BCUT2D eigenvalue weighted by Gasteiger charge is 2.35. The van der Waals surface area contributed by atoms with Crippen LogP contribution in [0.2, 0.25) is 0 Å². The largest absolute Gasteiger partial charge is 0.494 e. The van der Waals surface area contributed by atoms with E-state index in [0.29, 0.717) is 0 Å². The predicted octanol–water partition coefficient (Wildman–Crippen LogP) is 2.17. The summed E-state index contributed by atoms with van der Waals surface area (Å²) in [7, 11) is 4.42. The Kier molecular flexibility index (Phi) is 3.06. The minimum Gasteiger partial charge on any atom is -0.494 e. The van der Waals surface area contributed by atoms with Gasteiger partial charge in [0.25, 0.3) is 0 Å². The lowest BCUT2D eigenvalue weighted by Crippen LogP contribution is -2.14. The molecule has 1 aromatic rings. The van der Waals surface area contributed by atoms with Crippen LogP contribution in [0.1, 0.15) is 5.56 Å². The maximum absolute atomic E-state index is 12.6. The van der Waals surface area contributed by atoms with Crippen LogP contribution >= 0.6 is 0 Å². The van der Waals surface area contributed by atoms with Crippen molar-refractivity contribution in [1.82, 2.24) is 4.98 Å². The van der Waals surface area contributed by atoms with Gasteiger partial charge < -0.3 is 9.64 Å². The van der Waals surface area contributed by atoms with Crippen LogP contribution in [0.4, 0.5) is 19.0 Å². The molecule has 1 rings (SSSR count). The number of nitrogens with zero attached hydrogens (tertiary/aromatic N) is 2. The quantitative estimate of drug-likeness (QED) is 0.763. The van der Waals surface area contributed by atoms with E-state index >= 15 is 0 Å². The zero-order valence-electron chi connectivity index (χ0n) is 8.59. The Morgan fingerprint density at radius 3 is 2.33 bits per heavy atom. The van der Waals surface area contributed by atoms with Crippen molar-refractivity contribution in [3.05, 3.63) is 17.8 Å². The molecule has 6 heteroatoms. The molecule has 0 atom stereocenters. The van der Waals surface area contributed by atoms with Crippen molar-refractivity contribution in [2.75, 3.05) is 26.1 Å². The number of rotatable bonds is 2.